The summed E-state index contributed by atoms with van der Waals surface area (Å²) >= 11 is 2.03. The summed E-state index contributed by atoms with van der Waals surface area (Å²) in [7, 11) is 0. The molecule has 0 saturated carbocycles. The zero-order chi connectivity index (χ0) is 14.2. The van der Waals surface area contributed by atoms with E-state index in [2.05, 4.69) is 46.4 Å². The molecule has 5 heteroatoms. The Kier molecular flexibility index (Phi) is 6.05. The SMILES string of the molecule is CCCNC(N)=NCc1ccc(N2CCSCC2)cc1. The zero-order valence-corrected chi connectivity index (χ0v) is 13.0. The van der Waals surface area contributed by atoms with Crippen LogP contribution in [0.4, 0.5) is 5.69 Å². The molecule has 1 aromatic carbocycles. The highest BCUT2D eigenvalue weighted by Crippen LogP contribution is 2.20. The first-order chi connectivity index (χ1) is 9.79. The Labute approximate surface area is 125 Å². The van der Waals surface area contributed by atoms with Crippen LogP contribution in [0.2, 0.25) is 0 Å². The number of nitrogens with two attached hydrogens (primary N) is 1. The molecule has 20 heavy (non-hydrogen) atoms. The molecular formula is C15H24N4S. The van der Waals surface area contributed by atoms with Gasteiger partial charge in [-0.1, -0.05) is 19.1 Å². The summed E-state index contributed by atoms with van der Waals surface area (Å²) in [6.45, 7) is 5.92. The van der Waals surface area contributed by atoms with E-state index in [4.69, 9.17) is 5.73 Å². The number of anilines is 1. The Hall–Kier alpha value is -1.36. The van der Waals surface area contributed by atoms with Crippen LogP contribution in [0.15, 0.2) is 29.3 Å². The lowest BCUT2D eigenvalue weighted by atomic mass is 10.2. The number of hydrogen-bond acceptors (Lipinski definition) is 3. The molecule has 0 aromatic heterocycles. The van der Waals surface area contributed by atoms with Crippen LogP contribution >= 0.6 is 11.8 Å². The van der Waals surface area contributed by atoms with E-state index >= 15 is 0 Å². The second kappa shape index (κ2) is 8.04. The van der Waals surface area contributed by atoms with Crippen molar-refractivity contribution in [3.05, 3.63) is 29.8 Å². The maximum Gasteiger partial charge on any atom is 0.188 e. The molecule has 0 amide bonds. The van der Waals surface area contributed by atoms with Crippen LogP contribution in [-0.2, 0) is 6.54 Å². The molecule has 3 N–H and O–H groups in total. The highest BCUT2D eigenvalue weighted by Gasteiger charge is 2.10. The Morgan fingerprint density at radius 3 is 2.65 bits per heavy atom. The van der Waals surface area contributed by atoms with Crippen molar-refractivity contribution in [1.29, 1.82) is 0 Å². The minimum absolute atomic E-state index is 0.531. The van der Waals surface area contributed by atoms with Crippen molar-refractivity contribution in [3.8, 4) is 0 Å². The second-order valence-corrected chi connectivity index (χ2v) is 6.12. The van der Waals surface area contributed by atoms with Gasteiger partial charge in [0.1, 0.15) is 0 Å². The lowest BCUT2D eigenvalue weighted by molar-refractivity contribution is 0.825. The molecule has 4 nitrogen and oxygen atoms in total. The monoisotopic (exact) mass is 292 g/mol. The quantitative estimate of drug-likeness (QED) is 0.644. The first-order valence-corrected chi connectivity index (χ1v) is 8.40. The smallest absolute Gasteiger partial charge is 0.188 e. The largest absolute Gasteiger partial charge is 0.370 e. The Bertz CT molecular complexity index is 424. The van der Waals surface area contributed by atoms with Gasteiger partial charge in [-0.3, -0.25) is 0 Å². The predicted octanol–water partition coefficient (Wildman–Crippen LogP) is 2.05. The fourth-order valence-corrected chi connectivity index (χ4v) is 3.02. The predicted molar refractivity (Wildman–Crippen MR) is 89.6 cm³/mol. The number of benzene rings is 1. The number of aliphatic imine (C=N–C) groups is 1. The van der Waals surface area contributed by atoms with Crippen LogP contribution in [0.5, 0.6) is 0 Å². The lowest BCUT2D eigenvalue weighted by Gasteiger charge is -2.28. The topological polar surface area (TPSA) is 53.6 Å². The molecular weight excluding hydrogens is 268 g/mol. The third-order valence-corrected chi connectivity index (χ3v) is 4.24. The van der Waals surface area contributed by atoms with Crippen molar-refractivity contribution in [2.45, 2.75) is 19.9 Å². The van der Waals surface area contributed by atoms with E-state index in [1.165, 1.54) is 22.8 Å². The minimum atomic E-state index is 0.531. The third-order valence-electron chi connectivity index (χ3n) is 3.30. The van der Waals surface area contributed by atoms with Gasteiger partial charge in [-0.15, -0.1) is 0 Å². The number of hydrogen-bond donors (Lipinski definition) is 2. The van der Waals surface area contributed by atoms with E-state index in [-0.39, 0.29) is 0 Å². The van der Waals surface area contributed by atoms with Gasteiger partial charge < -0.3 is 16.0 Å². The molecule has 2 rings (SSSR count). The van der Waals surface area contributed by atoms with Crippen molar-refractivity contribution in [3.63, 3.8) is 0 Å². The van der Waals surface area contributed by atoms with Crippen molar-refractivity contribution in [2.24, 2.45) is 10.7 Å². The molecule has 0 unspecified atom stereocenters. The summed E-state index contributed by atoms with van der Waals surface area (Å²) in [6.07, 6.45) is 1.05. The van der Waals surface area contributed by atoms with Crippen LogP contribution in [0, 0.1) is 0 Å². The maximum atomic E-state index is 5.78. The number of thioether (sulfide) groups is 1. The molecule has 1 saturated heterocycles. The van der Waals surface area contributed by atoms with E-state index in [1.807, 2.05) is 11.8 Å². The summed E-state index contributed by atoms with van der Waals surface area (Å²) in [5.41, 5.74) is 8.29. The fraction of sp³-hybridized carbons (Fsp3) is 0.533. The van der Waals surface area contributed by atoms with Gasteiger partial charge in [0.25, 0.3) is 0 Å². The minimum Gasteiger partial charge on any atom is -0.370 e. The number of nitrogens with zero attached hydrogens (tertiary/aromatic N) is 2. The van der Waals surface area contributed by atoms with Crippen LogP contribution in [-0.4, -0.2) is 37.1 Å². The van der Waals surface area contributed by atoms with E-state index in [1.54, 1.807) is 0 Å². The van der Waals surface area contributed by atoms with Gasteiger partial charge in [-0.05, 0) is 24.1 Å². The summed E-state index contributed by atoms with van der Waals surface area (Å²) < 4.78 is 0. The lowest BCUT2D eigenvalue weighted by Crippen LogP contribution is -2.32. The molecule has 1 heterocycles. The molecule has 0 atom stereocenters. The van der Waals surface area contributed by atoms with Crippen LogP contribution in [0.3, 0.4) is 0 Å². The standard InChI is InChI=1S/C15H24N4S/c1-2-7-17-15(16)18-12-13-3-5-14(6-4-13)19-8-10-20-11-9-19/h3-6H,2,7-12H2,1H3,(H3,16,17,18). The summed E-state index contributed by atoms with van der Waals surface area (Å²) in [5.74, 6) is 2.99. The molecule has 0 spiro atoms. The molecule has 1 aliphatic heterocycles. The zero-order valence-electron chi connectivity index (χ0n) is 12.1. The maximum absolute atomic E-state index is 5.78. The van der Waals surface area contributed by atoms with Gasteiger partial charge in [0, 0.05) is 36.8 Å². The molecule has 0 radical (unpaired) electrons. The molecule has 110 valence electrons. The van der Waals surface area contributed by atoms with Crippen molar-refractivity contribution < 1.29 is 0 Å². The highest BCUT2D eigenvalue weighted by molar-refractivity contribution is 7.99. The second-order valence-electron chi connectivity index (χ2n) is 4.89. The van der Waals surface area contributed by atoms with Crippen LogP contribution in [0.1, 0.15) is 18.9 Å². The van der Waals surface area contributed by atoms with E-state index in [0.29, 0.717) is 12.5 Å². The molecule has 0 bridgehead atoms. The Morgan fingerprint density at radius 2 is 2.00 bits per heavy atom. The van der Waals surface area contributed by atoms with Gasteiger partial charge >= 0.3 is 0 Å². The van der Waals surface area contributed by atoms with Crippen LogP contribution < -0.4 is 16.0 Å². The molecule has 0 aliphatic carbocycles. The van der Waals surface area contributed by atoms with Gasteiger partial charge in [0.05, 0.1) is 6.54 Å². The summed E-state index contributed by atoms with van der Waals surface area (Å²) in [4.78, 5) is 6.79. The molecule has 1 fully saturated rings. The summed E-state index contributed by atoms with van der Waals surface area (Å²) in [5, 5.41) is 3.08. The normalized spacial score (nSPS) is 16.2. The van der Waals surface area contributed by atoms with Gasteiger partial charge in [0.15, 0.2) is 5.96 Å². The number of nitrogens with one attached hydrogen (secondary N) is 1. The molecule has 1 aliphatic rings. The fourth-order valence-electron chi connectivity index (χ4n) is 2.12. The van der Waals surface area contributed by atoms with Crippen molar-refractivity contribution >= 4 is 23.4 Å². The summed E-state index contributed by atoms with van der Waals surface area (Å²) in [6, 6.07) is 8.67. The first-order valence-electron chi connectivity index (χ1n) is 7.25. The van der Waals surface area contributed by atoms with Gasteiger partial charge in [-0.2, -0.15) is 11.8 Å². The third kappa shape index (κ3) is 4.63. The average molecular weight is 292 g/mol. The highest BCUT2D eigenvalue weighted by atomic mass is 32.2. The Morgan fingerprint density at radius 1 is 1.30 bits per heavy atom. The number of rotatable bonds is 5. The van der Waals surface area contributed by atoms with Crippen molar-refractivity contribution in [2.75, 3.05) is 36.0 Å². The number of guanidine groups is 1. The van der Waals surface area contributed by atoms with E-state index in [0.717, 1.165) is 26.1 Å². The van der Waals surface area contributed by atoms with Crippen LogP contribution in [0.25, 0.3) is 0 Å². The Balaban J connectivity index is 1.87. The van der Waals surface area contributed by atoms with Gasteiger partial charge in [-0.25, -0.2) is 4.99 Å². The van der Waals surface area contributed by atoms with Gasteiger partial charge in [0.2, 0.25) is 0 Å². The van der Waals surface area contributed by atoms with Crippen molar-refractivity contribution in [1.82, 2.24) is 5.32 Å². The molecule has 1 aromatic rings. The van der Waals surface area contributed by atoms with E-state index in [9.17, 15) is 0 Å². The van der Waals surface area contributed by atoms with E-state index < -0.39 is 0 Å². The average Bonchev–Trinajstić information content (AvgIpc) is 2.52. The first kappa shape index (κ1) is 15.0.